The van der Waals surface area contributed by atoms with Crippen molar-refractivity contribution in [2.45, 2.75) is 57.7 Å². The van der Waals surface area contributed by atoms with Gasteiger partial charge in [0.05, 0.1) is 23.7 Å². The van der Waals surface area contributed by atoms with Crippen molar-refractivity contribution in [2.24, 2.45) is 0 Å². The van der Waals surface area contributed by atoms with Gasteiger partial charge in [0, 0.05) is 10.4 Å². The highest BCUT2D eigenvalue weighted by atomic mass is 35.5. The molecule has 1 N–H and O–H groups in total. The topological polar surface area (TPSA) is 73.2 Å². The first kappa shape index (κ1) is 21.4. The van der Waals surface area contributed by atoms with E-state index < -0.39 is 5.60 Å². The van der Waals surface area contributed by atoms with E-state index in [0.717, 1.165) is 31.1 Å². The lowest BCUT2D eigenvalue weighted by molar-refractivity contribution is -0.134. The van der Waals surface area contributed by atoms with Gasteiger partial charge in [0.1, 0.15) is 5.75 Å². The lowest BCUT2D eigenvalue weighted by Crippen LogP contribution is -2.46. The second-order valence-electron chi connectivity index (χ2n) is 8.43. The molecular weight excluding hydrogens is 414 g/mol. The lowest BCUT2D eigenvalue weighted by Gasteiger charge is -2.25. The van der Waals surface area contributed by atoms with E-state index in [1.807, 2.05) is 24.3 Å². The van der Waals surface area contributed by atoms with Gasteiger partial charge < -0.3 is 10.1 Å². The molecule has 6 nitrogen and oxygen atoms in total. The zero-order valence-electron chi connectivity index (χ0n) is 17.7. The molecule has 0 bridgehead atoms. The molecule has 162 valence electrons. The van der Waals surface area contributed by atoms with E-state index in [-0.39, 0.29) is 24.1 Å². The van der Waals surface area contributed by atoms with E-state index in [4.69, 9.17) is 16.3 Å². The van der Waals surface area contributed by atoms with Crippen molar-refractivity contribution in [1.82, 2.24) is 15.1 Å². The quantitative estimate of drug-likeness (QED) is 0.607. The summed E-state index contributed by atoms with van der Waals surface area (Å²) < 4.78 is 7.49. The molecule has 1 heterocycles. The minimum absolute atomic E-state index is 0.0658. The number of nitrogens with zero attached hydrogens (tertiary/aromatic N) is 2. The van der Waals surface area contributed by atoms with Crippen LogP contribution < -0.4 is 15.6 Å². The van der Waals surface area contributed by atoms with E-state index in [9.17, 15) is 9.59 Å². The molecule has 3 aromatic rings. The largest absolute Gasteiger partial charge is 0.478 e. The Bertz CT molecular complexity index is 1150. The highest BCUT2D eigenvalue weighted by Gasteiger charge is 2.30. The molecule has 1 saturated carbocycles. The molecule has 1 aliphatic carbocycles. The smallest absolute Gasteiger partial charge is 0.274 e. The minimum atomic E-state index is -1.09. The highest BCUT2D eigenvalue weighted by molar-refractivity contribution is 6.30. The number of hydrogen-bond acceptors (Lipinski definition) is 4. The molecule has 4 rings (SSSR count). The summed E-state index contributed by atoms with van der Waals surface area (Å²) in [4.78, 5) is 25.9. The number of hydrogen-bond donors (Lipinski definition) is 1. The summed E-state index contributed by atoms with van der Waals surface area (Å²) in [7, 11) is 0. The van der Waals surface area contributed by atoms with Gasteiger partial charge in [-0.05, 0) is 57.0 Å². The summed E-state index contributed by atoms with van der Waals surface area (Å²) in [6, 6.07) is 14.4. The Kier molecular flexibility index (Phi) is 6.01. The van der Waals surface area contributed by atoms with Crippen LogP contribution in [0.25, 0.3) is 10.8 Å². The fourth-order valence-electron chi connectivity index (χ4n) is 4.02. The maximum atomic E-state index is 13.0. The first-order valence-electron chi connectivity index (χ1n) is 10.6. The zero-order chi connectivity index (χ0) is 22.0. The second-order valence-corrected chi connectivity index (χ2v) is 8.87. The van der Waals surface area contributed by atoms with Gasteiger partial charge in [-0.3, -0.25) is 9.59 Å². The van der Waals surface area contributed by atoms with Gasteiger partial charge in [-0.2, -0.15) is 5.10 Å². The molecule has 0 spiro atoms. The van der Waals surface area contributed by atoms with Gasteiger partial charge in [0.15, 0.2) is 5.60 Å². The predicted octanol–water partition coefficient (Wildman–Crippen LogP) is 4.64. The van der Waals surface area contributed by atoms with Gasteiger partial charge in [0.25, 0.3) is 11.5 Å². The van der Waals surface area contributed by atoms with E-state index in [1.165, 1.54) is 0 Å². The summed E-state index contributed by atoms with van der Waals surface area (Å²) in [6.45, 7) is 3.63. The van der Waals surface area contributed by atoms with E-state index in [2.05, 4.69) is 10.4 Å². The van der Waals surface area contributed by atoms with Crippen LogP contribution in [0.3, 0.4) is 0 Å². The van der Waals surface area contributed by atoms with Crippen LogP contribution in [-0.2, 0) is 11.3 Å². The Morgan fingerprint density at radius 1 is 1.13 bits per heavy atom. The van der Waals surface area contributed by atoms with Crippen LogP contribution in [0.15, 0.2) is 53.3 Å². The molecule has 0 saturated heterocycles. The first-order chi connectivity index (χ1) is 14.8. The number of aromatic nitrogens is 2. The first-order valence-corrected chi connectivity index (χ1v) is 11.0. The molecule has 2 aromatic carbocycles. The third-order valence-corrected chi connectivity index (χ3v) is 5.98. The van der Waals surface area contributed by atoms with Crippen molar-refractivity contribution in [3.8, 4) is 5.75 Å². The summed E-state index contributed by atoms with van der Waals surface area (Å²) in [5, 5.41) is 9.59. The molecule has 0 unspecified atom stereocenters. The molecule has 0 aliphatic heterocycles. The number of amides is 1. The minimum Gasteiger partial charge on any atom is -0.478 e. The maximum absolute atomic E-state index is 13.0. The molecular formula is C24H26ClN3O3. The van der Waals surface area contributed by atoms with Crippen LogP contribution >= 0.6 is 11.6 Å². The Balaban J connectivity index is 1.56. The second kappa shape index (κ2) is 8.71. The molecule has 1 fully saturated rings. The zero-order valence-corrected chi connectivity index (χ0v) is 18.5. The van der Waals surface area contributed by atoms with Gasteiger partial charge in [-0.1, -0.05) is 42.6 Å². The van der Waals surface area contributed by atoms with Gasteiger partial charge >= 0.3 is 0 Å². The lowest BCUT2D eigenvalue weighted by atomic mass is 10.1. The van der Waals surface area contributed by atoms with E-state index in [0.29, 0.717) is 21.9 Å². The molecule has 31 heavy (non-hydrogen) atoms. The summed E-state index contributed by atoms with van der Waals surface area (Å²) in [5.41, 5.74) is -0.481. The Morgan fingerprint density at radius 2 is 1.77 bits per heavy atom. The SMILES string of the molecule is CC(C)(Oc1ccc(Cl)cc1)C(=O)NCc1nn(C2CCCC2)c(=O)c2ccccc12. The van der Waals surface area contributed by atoms with Gasteiger partial charge in [-0.25, -0.2) is 4.68 Å². The van der Waals surface area contributed by atoms with E-state index >= 15 is 0 Å². The third-order valence-electron chi connectivity index (χ3n) is 5.73. The number of halogens is 1. The Morgan fingerprint density at radius 3 is 2.45 bits per heavy atom. The van der Waals surface area contributed by atoms with Crippen molar-refractivity contribution in [2.75, 3.05) is 0 Å². The van der Waals surface area contributed by atoms with Crippen LogP contribution in [0.2, 0.25) is 5.02 Å². The van der Waals surface area contributed by atoms with Gasteiger partial charge in [0.2, 0.25) is 0 Å². The molecule has 1 amide bonds. The number of carbonyl (C=O) groups excluding carboxylic acids is 1. The highest BCUT2D eigenvalue weighted by Crippen LogP contribution is 2.28. The van der Waals surface area contributed by atoms with Crippen LogP contribution in [0.1, 0.15) is 51.3 Å². The fourth-order valence-corrected chi connectivity index (χ4v) is 4.15. The molecule has 7 heteroatoms. The average Bonchev–Trinajstić information content (AvgIpc) is 3.29. The number of carbonyl (C=O) groups is 1. The molecule has 0 radical (unpaired) electrons. The molecule has 1 aliphatic rings. The fraction of sp³-hybridized carbons (Fsp3) is 0.375. The number of fused-ring (bicyclic) bond motifs is 1. The summed E-state index contributed by atoms with van der Waals surface area (Å²) in [6.07, 6.45) is 4.12. The Labute approximate surface area is 186 Å². The van der Waals surface area contributed by atoms with Crippen molar-refractivity contribution < 1.29 is 9.53 Å². The average molecular weight is 440 g/mol. The van der Waals surface area contributed by atoms with Crippen LogP contribution in [-0.4, -0.2) is 21.3 Å². The van der Waals surface area contributed by atoms with Crippen LogP contribution in [0.4, 0.5) is 0 Å². The number of benzene rings is 2. The molecule has 0 atom stereocenters. The maximum Gasteiger partial charge on any atom is 0.274 e. The summed E-state index contributed by atoms with van der Waals surface area (Å²) >= 11 is 5.92. The standard InChI is InChI=1S/C24H26ClN3O3/c1-24(2,31-18-13-11-16(25)12-14-18)23(30)26-15-21-19-9-5-6-10-20(19)22(29)28(27-21)17-7-3-4-8-17/h5-6,9-14,17H,3-4,7-8,15H2,1-2H3,(H,26,30). The van der Waals surface area contributed by atoms with Crippen molar-refractivity contribution in [1.29, 1.82) is 0 Å². The monoisotopic (exact) mass is 439 g/mol. The predicted molar refractivity (Wildman–Crippen MR) is 122 cm³/mol. The number of rotatable bonds is 6. The van der Waals surface area contributed by atoms with Crippen molar-refractivity contribution in [3.05, 3.63) is 69.6 Å². The van der Waals surface area contributed by atoms with Crippen LogP contribution in [0, 0.1) is 0 Å². The normalized spacial score (nSPS) is 14.7. The summed E-state index contributed by atoms with van der Waals surface area (Å²) in [5.74, 6) is 0.287. The van der Waals surface area contributed by atoms with Crippen molar-refractivity contribution >= 4 is 28.3 Å². The van der Waals surface area contributed by atoms with Crippen molar-refractivity contribution in [3.63, 3.8) is 0 Å². The van der Waals surface area contributed by atoms with Crippen LogP contribution in [0.5, 0.6) is 5.75 Å². The van der Waals surface area contributed by atoms with E-state index in [1.54, 1.807) is 42.8 Å². The third kappa shape index (κ3) is 4.59. The Hall–Kier alpha value is -2.86. The van der Waals surface area contributed by atoms with Gasteiger partial charge in [-0.15, -0.1) is 0 Å². The number of ether oxygens (including phenoxy) is 1. The number of nitrogens with one attached hydrogen (secondary N) is 1. The molecule has 1 aromatic heterocycles.